The van der Waals surface area contributed by atoms with Crippen LogP contribution in [0.15, 0.2) is 52.3 Å². The van der Waals surface area contributed by atoms with Gasteiger partial charge in [-0.15, -0.1) is 0 Å². The fourth-order valence-electron chi connectivity index (χ4n) is 5.10. The van der Waals surface area contributed by atoms with Gasteiger partial charge in [-0.1, -0.05) is 47.9 Å². The number of carboxylic acids is 1. The van der Waals surface area contributed by atoms with Crippen molar-refractivity contribution in [3.8, 4) is 11.8 Å². The maximum Gasteiger partial charge on any atom is 0.384 e. The van der Waals surface area contributed by atoms with Gasteiger partial charge in [0.1, 0.15) is 10.9 Å². The van der Waals surface area contributed by atoms with Crippen LogP contribution < -0.4 is 20.1 Å². The number of aliphatic carboxylic acids is 1. The number of carbonyl (C=O) groups is 3. The largest absolute Gasteiger partial charge is 0.480 e. The molecule has 0 bridgehead atoms. The number of nitrogens with zero attached hydrogens (tertiary/aromatic N) is 1. The molecule has 0 aliphatic carbocycles. The lowest BCUT2D eigenvalue weighted by molar-refractivity contribution is -0.148. The summed E-state index contributed by atoms with van der Waals surface area (Å²) in [6, 6.07) is 10.7. The third-order valence-electron chi connectivity index (χ3n) is 7.43. The summed E-state index contributed by atoms with van der Waals surface area (Å²) in [7, 11) is -2.87. The normalized spacial score (nSPS) is 19.0. The average molecular weight is 678 g/mol. The van der Waals surface area contributed by atoms with Gasteiger partial charge in [0.05, 0.1) is 36.1 Å². The van der Waals surface area contributed by atoms with Crippen LogP contribution in [0.25, 0.3) is 0 Å². The molecule has 15 heteroatoms. The van der Waals surface area contributed by atoms with E-state index in [-0.39, 0.29) is 29.0 Å². The minimum absolute atomic E-state index is 0.0374. The second kappa shape index (κ2) is 15.8. The number of anilines is 1. The van der Waals surface area contributed by atoms with E-state index in [2.05, 4.69) is 48.8 Å². The second-order valence-electron chi connectivity index (χ2n) is 10.6. The van der Waals surface area contributed by atoms with E-state index in [9.17, 15) is 27.9 Å². The zero-order valence-electron chi connectivity index (χ0n) is 24.8. The molecule has 0 aromatic heterocycles. The van der Waals surface area contributed by atoms with E-state index in [0.29, 0.717) is 24.3 Å². The Labute approximate surface area is 272 Å². The van der Waals surface area contributed by atoms with E-state index >= 15 is 0 Å². The summed E-state index contributed by atoms with van der Waals surface area (Å²) >= 11 is 7.77. The topological polar surface area (TPSA) is 166 Å². The van der Waals surface area contributed by atoms with Crippen molar-refractivity contribution in [1.82, 2.24) is 19.7 Å². The molecule has 2 aliphatic heterocycles. The summed E-state index contributed by atoms with van der Waals surface area (Å²) in [5.74, 6) is 2.70. The molecule has 2 heterocycles. The Balaban J connectivity index is 1.38. The first-order valence-corrected chi connectivity index (χ1v) is 17.1. The Kier molecular flexibility index (Phi) is 12.1. The number of esters is 1. The van der Waals surface area contributed by atoms with E-state index < -0.39 is 46.0 Å². The lowest BCUT2D eigenvalue weighted by atomic mass is 10.1. The minimum Gasteiger partial charge on any atom is -0.480 e. The highest BCUT2D eigenvalue weighted by Crippen LogP contribution is 2.37. The number of ether oxygens (including phenoxy) is 1. The van der Waals surface area contributed by atoms with Gasteiger partial charge in [0.25, 0.3) is 0 Å². The summed E-state index contributed by atoms with van der Waals surface area (Å²) in [6.45, 7) is 1.78. The molecular formula is C30H36ClN5O7S2. The number of methoxy groups -OCH3 is 1. The van der Waals surface area contributed by atoms with E-state index in [4.69, 9.17) is 11.6 Å². The van der Waals surface area contributed by atoms with E-state index in [0.717, 1.165) is 18.5 Å². The van der Waals surface area contributed by atoms with Crippen molar-refractivity contribution in [1.29, 1.82) is 0 Å². The monoisotopic (exact) mass is 677 g/mol. The SMILES string of the molecule is COC(=O)C#CC(CCNS(=O)(=O)c1cc2c(cc1Cl)NC(CCc1ccccc1)NS2)N[C@@H](C)C(=O)N1CCC[C@H]1C(=O)O. The number of likely N-dealkylation sites (tertiary alicyclic amines) is 1. The van der Waals surface area contributed by atoms with E-state index in [1.807, 2.05) is 18.2 Å². The Morgan fingerprint density at radius 1 is 1.24 bits per heavy atom. The first-order valence-electron chi connectivity index (χ1n) is 14.4. The van der Waals surface area contributed by atoms with Crippen molar-refractivity contribution in [2.45, 2.75) is 73.1 Å². The number of hydrogen-bond donors (Lipinski definition) is 5. The highest BCUT2D eigenvalue weighted by molar-refractivity contribution is 7.97. The molecule has 0 saturated carbocycles. The molecule has 2 unspecified atom stereocenters. The summed E-state index contributed by atoms with van der Waals surface area (Å²) in [6.07, 6.45) is 2.65. The zero-order valence-corrected chi connectivity index (χ0v) is 27.2. The molecule has 1 saturated heterocycles. The lowest BCUT2D eigenvalue weighted by Gasteiger charge is -2.28. The number of benzene rings is 2. The molecule has 4 rings (SSSR count). The maximum atomic E-state index is 13.3. The molecule has 0 radical (unpaired) electrons. The van der Waals surface area contributed by atoms with Crippen LogP contribution in [0.3, 0.4) is 0 Å². The number of carboxylic acid groups (broad SMARTS) is 1. The molecule has 1 amide bonds. The van der Waals surface area contributed by atoms with Crippen molar-refractivity contribution < 1.29 is 32.6 Å². The Morgan fingerprint density at radius 3 is 2.71 bits per heavy atom. The number of nitrogens with one attached hydrogen (secondary N) is 4. The fraction of sp³-hybridized carbons (Fsp3) is 0.433. The average Bonchev–Trinajstić information content (AvgIpc) is 3.52. The van der Waals surface area contributed by atoms with Crippen molar-refractivity contribution in [3.63, 3.8) is 0 Å². The van der Waals surface area contributed by atoms with Crippen LogP contribution in [0.1, 0.15) is 38.2 Å². The van der Waals surface area contributed by atoms with Crippen LogP contribution in [-0.4, -0.2) is 80.8 Å². The first-order chi connectivity index (χ1) is 21.5. The third kappa shape index (κ3) is 9.35. The van der Waals surface area contributed by atoms with Crippen LogP contribution in [-0.2, 0) is 35.6 Å². The number of fused-ring (bicyclic) bond motifs is 1. The number of amides is 1. The summed E-state index contributed by atoms with van der Waals surface area (Å²) < 4.78 is 36.9. The first kappa shape index (κ1) is 34.6. The molecule has 2 aliphatic rings. The van der Waals surface area contributed by atoms with Crippen LogP contribution in [0, 0.1) is 11.8 Å². The maximum absolute atomic E-state index is 13.3. The molecule has 1 fully saturated rings. The summed E-state index contributed by atoms with van der Waals surface area (Å²) in [4.78, 5) is 38.1. The Bertz CT molecular complexity index is 1570. The number of carbonyl (C=O) groups excluding carboxylic acids is 2. The van der Waals surface area contributed by atoms with Gasteiger partial charge in [0.15, 0.2) is 0 Å². The quantitative estimate of drug-likeness (QED) is 0.0970. The number of halogens is 1. The lowest BCUT2D eigenvalue weighted by Crippen LogP contribution is -2.51. The van der Waals surface area contributed by atoms with Crippen molar-refractivity contribution in [2.75, 3.05) is 25.5 Å². The molecule has 0 spiro atoms. The van der Waals surface area contributed by atoms with Gasteiger partial charge in [-0.25, -0.2) is 27.5 Å². The van der Waals surface area contributed by atoms with Gasteiger partial charge in [0.2, 0.25) is 15.9 Å². The second-order valence-corrected chi connectivity index (χ2v) is 13.7. The molecule has 2 aromatic rings. The predicted octanol–water partition coefficient (Wildman–Crippen LogP) is 2.59. The third-order valence-corrected chi connectivity index (χ3v) is 10.3. The van der Waals surface area contributed by atoms with Crippen molar-refractivity contribution >= 4 is 57.1 Å². The van der Waals surface area contributed by atoms with Gasteiger partial charge < -0.3 is 20.1 Å². The standard InChI is InChI=1S/C30H36ClN5O7S2/c1-19(29(38)36-16-6-9-24(36)30(39)40)33-21(11-13-28(37)43-2)14-15-32-45(41,42)26-18-25-23(17-22(26)31)34-27(35-44-25)12-10-20-7-4-3-5-8-20/h3-5,7-8,17-19,21,24,27,32-35H,6,9-10,12,14-16H2,1-2H3,(H,39,40)/t19-,21?,24-,27?/m0/s1. The fourth-order valence-corrected chi connectivity index (χ4v) is 7.62. The molecule has 242 valence electrons. The minimum atomic E-state index is -4.05. The van der Waals surface area contributed by atoms with Gasteiger partial charge in [-0.2, -0.15) is 0 Å². The highest BCUT2D eigenvalue weighted by Gasteiger charge is 2.36. The van der Waals surface area contributed by atoms with Gasteiger partial charge >= 0.3 is 11.9 Å². The van der Waals surface area contributed by atoms with Crippen LogP contribution in [0.4, 0.5) is 5.69 Å². The van der Waals surface area contributed by atoms with Gasteiger partial charge in [-0.05, 0) is 68.7 Å². The van der Waals surface area contributed by atoms with E-state index in [1.54, 1.807) is 13.0 Å². The Hall–Kier alpha value is -3.32. The van der Waals surface area contributed by atoms with Gasteiger partial charge in [0, 0.05) is 23.9 Å². The molecule has 4 atom stereocenters. The van der Waals surface area contributed by atoms with Crippen LogP contribution >= 0.6 is 23.5 Å². The number of sulfonamides is 1. The predicted molar refractivity (Wildman–Crippen MR) is 171 cm³/mol. The highest BCUT2D eigenvalue weighted by atomic mass is 35.5. The molecular weight excluding hydrogens is 642 g/mol. The molecule has 5 N–H and O–H groups in total. The summed E-state index contributed by atoms with van der Waals surface area (Å²) in [5.41, 5.74) is 1.94. The number of hydrogen-bond acceptors (Lipinski definition) is 10. The molecule has 45 heavy (non-hydrogen) atoms. The van der Waals surface area contributed by atoms with Gasteiger partial charge in [-0.3, -0.25) is 10.1 Å². The molecule has 12 nitrogen and oxygen atoms in total. The van der Waals surface area contributed by atoms with Crippen molar-refractivity contribution in [3.05, 3.63) is 53.1 Å². The van der Waals surface area contributed by atoms with E-state index in [1.165, 1.54) is 35.6 Å². The van der Waals surface area contributed by atoms with Crippen molar-refractivity contribution in [2.24, 2.45) is 0 Å². The smallest absolute Gasteiger partial charge is 0.384 e. The van der Waals surface area contributed by atoms with Crippen LogP contribution in [0.2, 0.25) is 5.02 Å². The van der Waals surface area contributed by atoms with Crippen LogP contribution in [0.5, 0.6) is 0 Å². The summed E-state index contributed by atoms with van der Waals surface area (Å²) in [5, 5.41) is 15.9. The Morgan fingerprint density at radius 2 is 2.00 bits per heavy atom. The molecule has 2 aromatic carbocycles. The zero-order chi connectivity index (χ0) is 32.6. The number of rotatable bonds is 12. The number of aryl methyl sites for hydroxylation is 1.